The molecule has 1 N–H and O–H groups in total. The molecule has 1 aromatic carbocycles. The highest BCUT2D eigenvalue weighted by molar-refractivity contribution is 5.76. The number of carbonyl (C=O) groups is 1. The van der Waals surface area contributed by atoms with Crippen molar-refractivity contribution in [2.45, 2.75) is 37.6 Å². The molecule has 3 rings (SSSR count). The number of ether oxygens (including phenoxy) is 1. The zero-order valence-corrected chi connectivity index (χ0v) is 16.2. The normalized spacial score (nSPS) is 22.7. The molecule has 0 aromatic heterocycles. The average molecular weight is 360 g/mol. The second kappa shape index (κ2) is 8.98. The van der Waals surface area contributed by atoms with E-state index in [9.17, 15) is 4.79 Å². The molecule has 2 saturated heterocycles. The van der Waals surface area contributed by atoms with Gasteiger partial charge in [0.1, 0.15) is 0 Å². The zero-order chi connectivity index (χ0) is 18.4. The molecule has 1 amide bonds. The lowest BCUT2D eigenvalue weighted by Gasteiger charge is -2.41. The number of amides is 1. The van der Waals surface area contributed by atoms with Crippen molar-refractivity contribution in [3.8, 4) is 0 Å². The fourth-order valence-electron chi connectivity index (χ4n) is 4.16. The summed E-state index contributed by atoms with van der Waals surface area (Å²) in [6, 6.07) is 11.0. The molecule has 2 aliphatic heterocycles. The number of hydrogen-bond acceptors (Lipinski definition) is 4. The third-order valence-corrected chi connectivity index (χ3v) is 6.10. The Morgan fingerprint density at radius 3 is 2.46 bits per heavy atom. The zero-order valence-electron chi connectivity index (χ0n) is 16.2. The van der Waals surface area contributed by atoms with Gasteiger partial charge in [-0.05, 0) is 45.5 Å². The Hall–Kier alpha value is -1.43. The van der Waals surface area contributed by atoms with Gasteiger partial charge in [0, 0.05) is 37.5 Å². The molecule has 26 heavy (non-hydrogen) atoms. The van der Waals surface area contributed by atoms with E-state index < -0.39 is 0 Å². The van der Waals surface area contributed by atoms with Crippen molar-refractivity contribution in [3.05, 3.63) is 35.9 Å². The fourth-order valence-corrected chi connectivity index (χ4v) is 4.16. The maximum atomic E-state index is 12.6. The highest BCUT2D eigenvalue weighted by atomic mass is 16.5. The maximum Gasteiger partial charge on any atom is 0.221 e. The van der Waals surface area contributed by atoms with Crippen LogP contribution < -0.4 is 5.32 Å². The summed E-state index contributed by atoms with van der Waals surface area (Å²) in [6.07, 6.45) is 2.74. The van der Waals surface area contributed by atoms with Crippen LogP contribution in [0.3, 0.4) is 0 Å². The van der Waals surface area contributed by atoms with Crippen molar-refractivity contribution in [2.24, 2.45) is 0 Å². The molecule has 0 unspecified atom stereocenters. The molecule has 5 heteroatoms. The Labute approximate surface area is 157 Å². The first kappa shape index (κ1) is 19.3. The molecule has 5 nitrogen and oxygen atoms in total. The van der Waals surface area contributed by atoms with E-state index in [1.54, 1.807) is 0 Å². The second-order valence-corrected chi connectivity index (χ2v) is 7.93. The highest BCUT2D eigenvalue weighted by Crippen LogP contribution is 2.34. The van der Waals surface area contributed by atoms with Gasteiger partial charge >= 0.3 is 0 Å². The first-order chi connectivity index (χ1) is 12.6. The summed E-state index contributed by atoms with van der Waals surface area (Å²) in [6.45, 7) is 8.44. The van der Waals surface area contributed by atoms with E-state index >= 15 is 0 Å². The fraction of sp³-hybridized carbons (Fsp3) is 0.667. The van der Waals surface area contributed by atoms with Crippen LogP contribution in [0.1, 0.15) is 31.7 Å². The second-order valence-electron chi connectivity index (χ2n) is 7.93. The molecule has 0 saturated carbocycles. The quantitative estimate of drug-likeness (QED) is 0.842. The number of piperidine rings is 1. The summed E-state index contributed by atoms with van der Waals surface area (Å²) in [4.78, 5) is 17.3. The number of hydrogen-bond donors (Lipinski definition) is 1. The van der Waals surface area contributed by atoms with Gasteiger partial charge in [0.05, 0.1) is 13.2 Å². The summed E-state index contributed by atoms with van der Waals surface area (Å²) in [5.74, 6) is 0.165. The number of likely N-dealkylation sites (tertiary alicyclic amines) is 1. The summed E-state index contributed by atoms with van der Waals surface area (Å²) in [5.41, 5.74) is 1.42. The standard InChI is InChI=1S/C21H33N3O2/c1-18(24-12-14-26-15-13-24)16-20(25)22-17-21(8-10-23(2)11-9-21)19-6-4-3-5-7-19/h3-7,18H,8-17H2,1-2H3,(H,22,25)/t18-/m1/s1. The summed E-state index contributed by atoms with van der Waals surface area (Å²) in [7, 11) is 2.18. The summed E-state index contributed by atoms with van der Waals surface area (Å²) < 4.78 is 5.41. The largest absolute Gasteiger partial charge is 0.379 e. The number of benzene rings is 1. The minimum Gasteiger partial charge on any atom is -0.379 e. The summed E-state index contributed by atoms with van der Waals surface area (Å²) >= 11 is 0. The van der Waals surface area contributed by atoms with E-state index in [4.69, 9.17) is 4.74 Å². The van der Waals surface area contributed by atoms with Crippen molar-refractivity contribution < 1.29 is 9.53 Å². The van der Waals surface area contributed by atoms with Crippen LogP contribution in [0.5, 0.6) is 0 Å². The molecule has 0 bridgehead atoms. The van der Waals surface area contributed by atoms with Crippen molar-refractivity contribution in [2.75, 3.05) is 53.0 Å². The molecule has 2 aliphatic rings. The van der Waals surface area contributed by atoms with Crippen LogP contribution >= 0.6 is 0 Å². The predicted molar refractivity (Wildman–Crippen MR) is 104 cm³/mol. The Balaban J connectivity index is 1.58. The molecule has 1 atom stereocenters. The third-order valence-electron chi connectivity index (χ3n) is 6.10. The lowest BCUT2D eigenvalue weighted by molar-refractivity contribution is -0.123. The lowest BCUT2D eigenvalue weighted by Crippen LogP contribution is -2.49. The highest BCUT2D eigenvalue weighted by Gasteiger charge is 2.35. The molecular formula is C21H33N3O2. The minimum absolute atomic E-state index is 0.0611. The van der Waals surface area contributed by atoms with E-state index in [1.165, 1.54) is 5.56 Å². The average Bonchev–Trinajstić information content (AvgIpc) is 2.69. The first-order valence-corrected chi connectivity index (χ1v) is 9.92. The van der Waals surface area contributed by atoms with Gasteiger partial charge in [-0.15, -0.1) is 0 Å². The smallest absolute Gasteiger partial charge is 0.221 e. The van der Waals surface area contributed by atoms with Crippen LogP contribution in [0.25, 0.3) is 0 Å². The first-order valence-electron chi connectivity index (χ1n) is 9.92. The van der Waals surface area contributed by atoms with E-state index in [0.29, 0.717) is 6.42 Å². The topological polar surface area (TPSA) is 44.8 Å². The molecule has 2 heterocycles. The number of carbonyl (C=O) groups excluding carboxylic acids is 1. The molecule has 2 fully saturated rings. The van der Waals surface area contributed by atoms with Crippen LogP contribution in [0.4, 0.5) is 0 Å². The van der Waals surface area contributed by atoms with E-state index in [2.05, 4.69) is 59.4 Å². The maximum absolute atomic E-state index is 12.6. The van der Waals surface area contributed by atoms with Crippen LogP contribution in [0, 0.1) is 0 Å². The molecule has 0 radical (unpaired) electrons. The van der Waals surface area contributed by atoms with Gasteiger partial charge in [-0.1, -0.05) is 30.3 Å². The van der Waals surface area contributed by atoms with Gasteiger partial charge in [0.25, 0.3) is 0 Å². The van der Waals surface area contributed by atoms with Gasteiger partial charge < -0.3 is 15.0 Å². The van der Waals surface area contributed by atoms with Gasteiger partial charge in [-0.2, -0.15) is 0 Å². The van der Waals surface area contributed by atoms with Crippen molar-refractivity contribution in [1.29, 1.82) is 0 Å². The Morgan fingerprint density at radius 1 is 1.15 bits per heavy atom. The van der Waals surface area contributed by atoms with Gasteiger partial charge in [0.2, 0.25) is 5.91 Å². The van der Waals surface area contributed by atoms with Gasteiger partial charge in [-0.3, -0.25) is 9.69 Å². The lowest BCUT2D eigenvalue weighted by atomic mass is 9.72. The molecule has 144 valence electrons. The van der Waals surface area contributed by atoms with Crippen LogP contribution in [0.2, 0.25) is 0 Å². The molecular weight excluding hydrogens is 326 g/mol. The van der Waals surface area contributed by atoms with E-state index in [1.807, 2.05) is 0 Å². The number of nitrogens with one attached hydrogen (secondary N) is 1. The van der Waals surface area contributed by atoms with Crippen molar-refractivity contribution in [3.63, 3.8) is 0 Å². The SMILES string of the molecule is C[C@H](CC(=O)NCC1(c2ccccc2)CCN(C)CC1)N1CCOCC1. The predicted octanol–water partition coefficient (Wildman–Crippen LogP) is 1.88. The molecule has 0 spiro atoms. The van der Waals surface area contributed by atoms with Crippen molar-refractivity contribution >= 4 is 5.91 Å². The van der Waals surface area contributed by atoms with Crippen molar-refractivity contribution in [1.82, 2.24) is 15.1 Å². The Bertz CT molecular complexity index is 564. The number of morpholine rings is 1. The Kier molecular flexibility index (Phi) is 6.68. The monoisotopic (exact) mass is 359 g/mol. The molecule has 0 aliphatic carbocycles. The van der Waals surface area contributed by atoms with E-state index in [-0.39, 0.29) is 17.4 Å². The van der Waals surface area contributed by atoms with Crippen LogP contribution in [-0.4, -0.2) is 74.7 Å². The minimum atomic E-state index is 0.0611. The Morgan fingerprint density at radius 2 is 1.81 bits per heavy atom. The number of rotatable bonds is 6. The summed E-state index contributed by atoms with van der Waals surface area (Å²) in [5, 5.41) is 3.26. The molecule has 1 aromatic rings. The van der Waals surface area contributed by atoms with Gasteiger partial charge in [0.15, 0.2) is 0 Å². The van der Waals surface area contributed by atoms with E-state index in [0.717, 1.165) is 58.8 Å². The van der Waals surface area contributed by atoms with Gasteiger partial charge in [-0.25, -0.2) is 0 Å². The van der Waals surface area contributed by atoms with Crippen LogP contribution in [-0.2, 0) is 14.9 Å². The number of nitrogens with zero attached hydrogens (tertiary/aromatic N) is 2. The van der Waals surface area contributed by atoms with Crippen LogP contribution in [0.15, 0.2) is 30.3 Å². The third kappa shape index (κ3) is 4.84.